The molecule has 3 rings (SSSR count). The maximum Gasteiger partial charge on any atom is 0.270 e. The lowest BCUT2D eigenvalue weighted by Crippen LogP contribution is -2.43. The van der Waals surface area contributed by atoms with Gasteiger partial charge in [0, 0.05) is 30.0 Å². The molecule has 4 nitrogen and oxygen atoms in total. The number of rotatable bonds is 5. The van der Waals surface area contributed by atoms with E-state index in [0.717, 1.165) is 55.8 Å². The lowest BCUT2D eigenvalue weighted by Gasteiger charge is -2.29. The summed E-state index contributed by atoms with van der Waals surface area (Å²) in [6.07, 6.45) is 2.22. The molecular formula is C21H31N3O. The summed E-state index contributed by atoms with van der Waals surface area (Å²) in [4.78, 5) is 21.2. The number of aromatic amines is 1. The highest BCUT2D eigenvalue weighted by molar-refractivity contribution is 6.02. The first-order chi connectivity index (χ1) is 12.0. The smallest absolute Gasteiger partial charge is 0.270 e. The first-order valence-electron chi connectivity index (χ1n) is 9.59. The Hall–Kier alpha value is -1.81. The number of hydrogen-bond acceptors (Lipinski definition) is 2. The molecule has 1 N–H and O–H groups in total. The van der Waals surface area contributed by atoms with Crippen LogP contribution < -0.4 is 0 Å². The summed E-state index contributed by atoms with van der Waals surface area (Å²) >= 11 is 0. The lowest BCUT2D eigenvalue weighted by molar-refractivity contribution is 0.0698. The fourth-order valence-corrected chi connectivity index (χ4v) is 4.21. The predicted molar refractivity (Wildman–Crippen MR) is 104 cm³/mol. The fraction of sp³-hybridized carbons (Fsp3) is 0.571. The van der Waals surface area contributed by atoms with Crippen molar-refractivity contribution in [2.45, 2.75) is 53.5 Å². The molecule has 25 heavy (non-hydrogen) atoms. The summed E-state index contributed by atoms with van der Waals surface area (Å²) in [6.45, 7) is 14.6. The Labute approximate surface area is 151 Å². The maximum atomic E-state index is 13.3. The molecule has 1 saturated heterocycles. The summed E-state index contributed by atoms with van der Waals surface area (Å²) in [5.41, 5.74) is 5.41. The monoisotopic (exact) mass is 341 g/mol. The van der Waals surface area contributed by atoms with Crippen molar-refractivity contribution in [3.63, 3.8) is 0 Å². The molecule has 0 spiro atoms. The molecule has 1 fully saturated rings. The number of benzene rings is 1. The van der Waals surface area contributed by atoms with E-state index in [-0.39, 0.29) is 5.91 Å². The molecule has 4 heteroatoms. The van der Waals surface area contributed by atoms with Gasteiger partial charge in [0.1, 0.15) is 5.69 Å². The van der Waals surface area contributed by atoms with E-state index in [2.05, 4.69) is 61.5 Å². The normalized spacial score (nSPS) is 17.8. The molecule has 0 aliphatic carbocycles. The SMILES string of the molecule is CCN(CC)C[C@H]1CCCN1C(=O)c1[nH]c2c(C)cc(C)cc2c1C. The first-order valence-corrected chi connectivity index (χ1v) is 9.59. The van der Waals surface area contributed by atoms with Crippen LogP contribution >= 0.6 is 0 Å². The number of H-pyrrole nitrogens is 1. The van der Waals surface area contributed by atoms with Crippen LogP contribution in [0.15, 0.2) is 12.1 Å². The zero-order chi connectivity index (χ0) is 18.1. The van der Waals surface area contributed by atoms with E-state index >= 15 is 0 Å². The van der Waals surface area contributed by atoms with Crippen molar-refractivity contribution in [1.29, 1.82) is 0 Å². The number of likely N-dealkylation sites (N-methyl/N-ethyl adjacent to an activating group) is 1. The zero-order valence-corrected chi connectivity index (χ0v) is 16.3. The van der Waals surface area contributed by atoms with Gasteiger partial charge < -0.3 is 14.8 Å². The Kier molecular flexibility index (Phi) is 5.19. The van der Waals surface area contributed by atoms with Gasteiger partial charge in [-0.05, 0) is 63.9 Å². The van der Waals surface area contributed by atoms with Crippen molar-refractivity contribution in [1.82, 2.24) is 14.8 Å². The summed E-state index contributed by atoms with van der Waals surface area (Å²) in [5.74, 6) is 0.167. The number of aryl methyl sites for hydroxylation is 3. The quantitative estimate of drug-likeness (QED) is 0.891. The van der Waals surface area contributed by atoms with Gasteiger partial charge in [-0.3, -0.25) is 4.79 Å². The van der Waals surface area contributed by atoms with Crippen molar-refractivity contribution in [3.05, 3.63) is 34.5 Å². The van der Waals surface area contributed by atoms with Crippen LogP contribution in [0.1, 0.15) is 53.9 Å². The molecule has 0 saturated carbocycles. The van der Waals surface area contributed by atoms with Crippen LogP contribution in [-0.4, -0.2) is 52.9 Å². The van der Waals surface area contributed by atoms with E-state index in [0.29, 0.717) is 6.04 Å². The number of fused-ring (bicyclic) bond motifs is 1. The molecule has 0 radical (unpaired) electrons. The van der Waals surface area contributed by atoms with Crippen molar-refractivity contribution in [3.8, 4) is 0 Å². The summed E-state index contributed by atoms with van der Waals surface area (Å²) in [6, 6.07) is 4.69. The molecule has 1 atom stereocenters. The number of carbonyl (C=O) groups excluding carboxylic acids is 1. The second-order valence-electron chi connectivity index (χ2n) is 7.41. The highest BCUT2D eigenvalue weighted by atomic mass is 16.2. The molecule has 0 unspecified atom stereocenters. The topological polar surface area (TPSA) is 39.3 Å². The number of nitrogens with zero attached hydrogens (tertiary/aromatic N) is 2. The van der Waals surface area contributed by atoms with Gasteiger partial charge in [-0.2, -0.15) is 0 Å². The minimum absolute atomic E-state index is 0.167. The Bertz CT molecular complexity index is 773. The number of nitrogens with one attached hydrogen (secondary N) is 1. The van der Waals surface area contributed by atoms with Crippen molar-refractivity contribution < 1.29 is 4.79 Å². The van der Waals surface area contributed by atoms with Gasteiger partial charge in [0.2, 0.25) is 0 Å². The minimum atomic E-state index is 0.167. The van der Waals surface area contributed by atoms with Gasteiger partial charge in [-0.25, -0.2) is 0 Å². The molecule has 1 aliphatic rings. The highest BCUT2D eigenvalue weighted by Gasteiger charge is 2.32. The van der Waals surface area contributed by atoms with E-state index in [9.17, 15) is 4.79 Å². The third-order valence-electron chi connectivity index (χ3n) is 5.72. The number of likely N-dealkylation sites (tertiary alicyclic amines) is 1. The minimum Gasteiger partial charge on any atom is -0.350 e. The molecule has 1 aliphatic heterocycles. The van der Waals surface area contributed by atoms with E-state index in [4.69, 9.17) is 0 Å². The molecule has 2 aromatic rings. The van der Waals surface area contributed by atoms with Gasteiger partial charge in [0.05, 0.1) is 0 Å². The maximum absolute atomic E-state index is 13.3. The third kappa shape index (κ3) is 3.32. The van der Waals surface area contributed by atoms with Gasteiger partial charge in [-0.1, -0.05) is 25.5 Å². The Morgan fingerprint density at radius 3 is 2.64 bits per heavy atom. The lowest BCUT2D eigenvalue weighted by atomic mass is 10.1. The molecule has 1 amide bonds. The van der Waals surface area contributed by atoms with Crippen molar-refractivity contribution >= 4 is 16.8 Å². The van der Waals surface area contributed by atoms with E-state index < -0.39 is 0 Å². The van der Waals surface area contributed by atoms with Crippen LogP contribution in [0.3, 0.4) is 0 Å². The van der Waals surface area contributed by atoms with E-state index in [1.54, 1.807) is 0 Å². The summed E-state index contributed by atoms with van der Waals surface area (Å²) in [7, 11) is 0. The van der Waals surface area contributed by atoms with E-state index in [1.807, 2.05) is 0 Å². The highest BCUT2D eigenvalue weighted by Crippen LogP contribution is 2.29. The van der Waals surface area contributed by atoms with Crippen LogP contribution in [-0.2, 0) is 0 Å². The van der Waals surface area contributed by atoms with Crippen LogP contribution in [0, 0.1) is 20.8 Å². The first kappa shape index (κ1) is 18.0. The number of hydrogen-bond donors (Lipinski definition) is 1. The van der Waals surface area contributed by atoms with Crippen LogP contribution in [0.2, 0.25) is 0 Å². The fourth-order valence-electron chi connectivity index (χ4n) is 4.21. The average molecular weight is 341 g/mol. The number of carbonyl (C=O) groups is 1. The predicted octanol–water partition coefficient (Wildman–Crippen LogP) is 4.04. The molecule has 0 bridgehead atoms. The van der Waals surface area contributed by atoms with Gasteiger partial charge in [0.15, 0.2) is 0 Å². The Morgan fingerprint density at radius 2 is 1.96 bits per heavy atom. The Balaban J connectivity index is 1.91. The summed E-state index contributed by atoms with van der Waals surface area (Å²) in [5, 5.41) is 1.18. The third-order valence-corrected chi connectivity index (χ3v) is 5.72. The van der Waals surface area contributed by atoms with Crippen LogP contribution in [0.25, 0.3) is 10.9 Å². The molecule has 1 aromatic carbocycles. The number of amides is 1. The zero-order valence-electron chi connectivity index (χ0n) is 16.3. The molecule has 136 valence electrons. The number of aromatic nitrogens is 1. The van der Waals surface area contributed by atoms with Crippen molar-refractivity contribution in [2.24, 2.45) is 0 Å². The molecule has 2 heterocycles. The van der Waals surface area contributed by atoms with E-state index in [1.165, 1.54) is 16.5 Å². The average Bonchev–Trinajstić information content (AvgIpc) is 3.17. The van der Waals surface area contributed by atoms with Gasteiger partial charge >= 0.3 is 0 Å². The van der Waals surface area contributed by atoms with Crippen LogP contribution in [0.4, 0.5) is 0 Å². The van der Waals surface area contributed by atoms with Crippen LogP contribution in [0.5, 0.6) is 0 Å². The Morgan fingerprint density at radius 1 is 1.24 bits per heavy atom. The van der Waals surface area contributed by atoms with Gasteiger partial charge in [-0.15, -0.1) is 0 Å². The second-order valence-corrected chi connectivity index (χ2v) is 7.41. The van der Waals surface area contributed by atoms with Gasteiger partial charge in [0.25, 0.3) is 5.91 Å². The van der Waals surface area contributed by atoms with Crippen molar-refractivity contribution in [2.75, 3.05) is 26.2 Å². The molecular weight excluding hydrogens is 310 g/mol. The largest absolute Gasteiger partial charge is 0.350 e. The summed E-state index contributed by atoms with van der Waals surface area (Å²) < 4.78 is 0. The standard InChI is InChI=1S/C21H31N3O/c1-6-23(7-2)13-17-9-8-10-24(17)21(25)20-16(5)18-12-14(3)11-15(4)19(18)22-20/h11-12,17,22H,6-10,13H2,1-5H3/t17-/m1/s1. The second kappa shape index (κ2) is 7.20. The molecule has 1 aromatic heterocycles.